The van der Waals surface area contributed by atoms with Gasteiger partial charge in [-0.05, 0) is 18.2 Å². The van der Waals surface area contributed by atoms with Gasteiger partial charge in [-0.25, -0.2) is 0 Å². The van der Waals surface area contributed by atoms with E-state index in [2.05, 4.69) is 5.32 Å². The highest BCUT2D eigenvalue weighted by Gasteiger charge is 2.23. The first kappa shape index (κ1) is 15.5. The standard InChI is InChI=1S/C14H19ClN2O2/c1-14(2,3)13(19)16-11-8-9(15)6-7-10(11)12(18)17(4)5/h6-8H,1-5H3,(H,16,19). The third-order valence-electron chi connectivity index (χ3n) is 2.55. The van der Waals surface area contributed by atoms with Crippen molar-refractivity contribution in [3.8, 4) is 0 Å². The summed E-state index contributed by atoms with van der Waals surface area (Å²) in [4.78, 5) is 25.5. The summed E-state index contributed by atoms with van der Waals surface area (Å²) in [6.45, 7) is 5.42. The number of nitrogens with zero attached hydrogens (tertiary/aromatic N) is 1. The molecule has 104 valence electrons. The molecule has 1 aromatic carbocycles. The number of nitrogens with one attached hydrogen (secondary N) is 1. The molecule has 0 spiro atoms. The third kappa shape index (κ3) is 3.96. The number of carbonyl (C=O) groups is 2. The van der Waals surface area contributed by atoms with Crippen molar-refractivity contribution in [2.45, 2.75) is 20.8 Å². The van der Waals surface area contributed by atoms with Crippen molar-refractivity contribution >= 4 is 29.1 Å². The van der Waals surface area contributed by atoms with Crippen LogP contribution in [-0.4, -0.2) is 30.8 Å². The maximum atomic E-state index is 12.0. The van der Waals surface area contributed by atoms with E-state index in [1.807, 2.05) is 0 Å². The van der Waals surface area contributed by atoms with Gasteiger partial charge in [0, 0.05) is 24.5 Å². The van der Waals surface area contributed by atoms with Gasteiger partial charge in [-0.1, -0.05) is 32.4 Å². The van der Waals surface area contributed by atoms with Gasteiger partial charge in [-0.3, -0.25) is 9.59 Å². The van der Waals surface area contributed by atoms with Gasteiger partial charge in [0.2, 0.25) is 5.91 Å². The fourth-order valence-electron chi connectivity index (χ4n) is 1.36. The molecule has 0 unspecified atom stereocenters. The van der Waals surface area contributed by atoms with Crippen molar-refractivity contribution in [3.05, 3.63) is 28.8 Å². The Morgan fingerprint density at radius 1 is 1.21 bits per heavy atom. The third-order valence-corrected chi connectivity index (χ3v) is 2.78. The largest absolute Gasteiger partial charge is 0.345 e. The van der Waals surface area contributed by atoms with E-state index >= 15 is 0 Å². The van der Waals surface area contributed by atoms with Crippen molar-refractivity contribution in [1.82, 2.24) is 4.90 Å². The van der Waals surface area contributed by atoms with E-state index in [0.29, 0.717) is 16.3 Å². The Labute approximate surface area is 118 Å². The van der Waals surface area contributed by atoms with Crippen LogP contribution in [0.3, 0.4) is 0 Å². The van der Waals surface area contributed by atoms with E-state index in [-0.39, 0.29) is 11.8 Å². The quantitative estimate of drug-likeness (QED) is 0.906. The predicted octanol–water partition coefficient (Wildman–Crippen LogP) is 3.03. The Morgan fingerprint density at radius 3 is 2.26 bits per heavy atom. The van der Waals surface area contributed by atoms with E-state index in [9.17, 15) is 9.59 Å². The predicted molar refractivity (Wildman–Crippen MR) is 77.6 cm³/mol. The summed E-state index contributed by atoms with van der Waals surface area (Å²) in [5, 5.41) is 3.23. The van der Waals surface area contributed by atoms with E-state index in [0.717, 1.165) is 0 Å². The second-order valence-corrected chi connectivity index (χ2v) is 6.03. The molecule has 0 atom stereocenters. The average molecular weight is 283 g/mol. The maximum absolute atomic E-state index is 12.0. The Kier molecular flexibility index (Phi) is 4.58. The Balaban J connectivity index is 3.15. The molecular formula is C14H19ClN2O2. The van der Waals surface area contributed by atoms with Crippen LogP contribution in [0, 0.1) is 5.41 Å². The van der Waals surface area contributed by atoms with Crippen LogP contribution in [0.25, 0.3) is 0 Å². The fourth-order valence-corrected chi connectivity index (χ4v) is 1.53. The smallest absolute Gasteiger partial charge is 0.255 e. The van der Waals surface area contributed by atoms with Crippen molar-refractivity contribution in [3.63, 3.8) is 0 Å². The van der Waals surface area contributed by atoms with Crippen LogP contribution in [0.4, 0.5) is 5.69 Å². The van der Waals surface area contributed by atoms with Gasteiger partial charge in [0.05, 0.1) is 11.3 Å². The second kappa shape index (κ2) is 5.61. The molecule has 0 bridgehead atoms. The monoisotopic (exact) mass is 282 g/mol. The highest BCUT2D eigenvalue weighted by atomic mass is 35.5. The molecular weight excluding hydrogens is 264 g/mol. The Bertz CT molecular complexity index is 505. The van der Waals surface area contributed by atoms with Gasteiger partial charge < -0.3 is 10.2 Å². The lowest BCUT2D eigenvalue weighted by Gasteiger charge is -2.20. The zero-order valence-electron chi connectivity index (χ0n) is 11.9. The molecule has 1 aromatic rings. The zero-order valence-corrected chi connectivity index (χ0v) is 12.6. The number of halogens is 1. The summed E-state index contributed by atoms with van der Waals surface area (Å²) in [7, 11) is 3.32. The molecule has 4 nitrogen and oxygen atoms in total. The first-order valence-electron chi connectivity index (χ1n) is 5.95. The number of hydrogen-bond acceptors (Lipinski definition) is 2. The lowest BCUT2D eigenvalue weighted by atomic mass is 9.95. The molecule has 5 heteroatoms. The summed E-state index contributed by atoms with van der Waals surface area (Å²) in [6.07, 6.45) is 0. The van der Waals surface area contributed by atoms with Crippen LogP contribution in [0.15, 0.2) is 18.2 Å². The van der Waals surface area contributed by atoms with Crippen LogP contribution < -0.4 is 5.32 Å². The number of carbonyl (C=O) groups excluding carboxylic acids is 2. The van der Waals surface area contributed by atoms with Gasteiger partial charge in [0.25, 0.3) is 5.91 Å². The van der Waals surface area contributed by atoms with E-state index in [1.54, 1.807) is 53.1 Å². The molecule has 0 aliphatic heterocycles. The number of benzene rings is 1. The Morgan fingerprint density at radius 2 is 1.79 bits per heavy atom. The van der Waals surface area contributed by atoms with Gasteiger partial charge in [-0.2, -0.15) is 0 Å². The summed E-state index contributed by atoms with van der Waals surface area (Å²) >= 11 is 5.92. The molecule has 0 aliphatic rings. The highest BCUT2D eigenvalue weighted by molar-refractivity contribution is 6.31. The summed E-state index contributed by atoms with van der Waals surface area (Å²) < 4.78 is 0. The second-order valence-electron chi connectivity index (χ2n) is 5.59. The van der Waals surface area contributed by atoms with Gasteiger partial charge in [0.1, 0.15) is 0 Å². The van der Waals surface area contributed by atoms with E-state index in [4.69, 9.17) is 11.6 Å². The van der Waals surface area contributed by atoms with Gasteiger partial charge in [-0.15, -0.1) is 0 Å². The van der Waals surface area contributed by atoms with Crippen LogP contribution in [-0.2, 0) is 4.79 Å². The Hall–Kier alpha value is -1.55. The van der Waals surface area contributed by atoms with Crippen molar-refractivity contribution in [2.24, 2.45) is 5.41 Å². The average Bonchev–Trinajstić information content (AvgIpc) is 2.27. The molecule has 0 saturated heterocycles. The van der Waals surface area contributed by atoms with Crippen LogP contribution in [0.1, 0.15) is 31.1 Å². The number of anilines is 1. The van der Waals surface area contributed by atoms with Crippen LogP contribution >= 0.6 is 11.6 Å². The first-order valence-corrected chi connectivity index (χ1v) is 6.33. The number of amides is 2. The van der Waals surface area contributed by atoms with Crippen molar-refractivity contribution < 1.29 is 9.59 Å². The van der Waals surface area contributed by atoms with Crippen molar-refractivity contribution in [2.75, 3.05) is 19.4 Å². The SMILES string of the molecule is CN(C)C(=O)c1ccc(Cl)cc1NC(=O)C(C)(C)C. The van der Waals surface area contributed by atoms with Gasteiger partial charge in [0.15, 0.2) is 0 Å². The highest BCUT2D eigenvalue weighted by Crippen LogP contribution is 2.24. The molecule has 2 amide bonds. The molecule has 0 heterocycles. The molecule has 19 heavy (non-hydrogen) atoms. The van der Waals surface area contributed by atoms with E-state index < -0.39 is 5.41 Å². The first-order chi connectivity index (χ1) is 8.62. The molecule has 0 fully saturated rings. The number of rotatable bonds is 2. The molecule has 0 radical (unpaired) electrons. The van der Waals surface area contributed by atoms with Crippen molar-refractivity contribution in [1.29, 1.82) is 0 Å². The molecule has 1 N–H and O–H groups in total. The zero-order chi connectivity index (χ0) is 14.8. The molecule has 0 aliphatic carbocycles. The summed E-state index contributed by atoms with van der Waals surface area (Å²) in [5.41, 5.74) is 0.318. The topological polar surface area (TPSA) is 49.4 Å². The minimum atomic E-state index is -0.541. The number of hydrogen-bond donors (Lipinski definition) is 1. The summed E-state index contributed by atoms with van der Waals surface area (Å²) in [5.74, 6) is -0.344. The minimum absolute atomic E-state index is 0.164. The lowest BCUT2D eigenvalue weighted by Crippen LogP contribution is -2.29. The maximum Gasteiger partial charge on any atom is 0.255 e. The van der Waals surface area contributed by atoms with Crippen LogP contribution in [0.2, 0.25) is 5.02 Å². The van der Waals surface area contributed by atoms with Gasteiger partial charge >= 0.3 is 0 Å². The molecule has 0 saturated carbocycles. The minimum Gasteiger partial charge on any atom is -0.345 e. The normalized spacial score (nSPS) is 11.1. The fraction of sp³-hybridized carbons (Fsp3) is 0.429. The molecule has 1 rings (SSSR count). The summed E-state index contributed by atoms with van der Waals surface area (Å²) in [6, 6.07) is 4.83. The van der Waals surface area contributed by atoms with Crippen LogP contribution in [0.5, 0.6) is 0 Å². The van der Waals surface area contributed by atoms with E-state index in [1.165, 1.54) is 4.90 Å². The lowest BCUT2D eigenvalue weighted by molar-refractivity contribution is -0.123. The molecule has 0 aromatic heterocycles.